The van der Waals surface area contributed by atoms with Crippen LogP contribution in [-0.4, -0.2) is 44.8 Å². The number of sulfonamides is 1. The minimum atomic E-state index is -4.14. The summed E-state index contributed by atoms with van der Waals surface area (Å²) in [5.74, 6) is -2.20. The van der Waals surface area contributed by atoms with Gasteiger partial charge >= 0.3 is 0 Å². The third-order valence-electron chi connectivity index (χ3n) is 5.09. The fourth-order valence-electron chi connectivity index (χ4n) is 3.41. The lowest BCUT2D eigenvalue weighted by Crippen LogP contribution is -2.43. The number of nitrogens with zero attached hydrogens (tertiary/aromatic N) is 1. The number of rotatable bonds is 8. The van der Waals surface area contributed by atoms with Crippen LogP contribution < -0.4 is 10.6 Å². The van der Waals surface area contributed by atoms with Gasteiger partial charge in [-0.25, -0.2) is 17.2 Å². The number of nitrogens with one attached hydrogen (secondary N) is 2. The summed E-state index contributed by atoms with van der Waals surface area (Å²) in [4.78, 5) is 11.7. The number of carbonyl (C=O) groups is 1. The maximum absolute atomic E-state index is 13.9. The molecule has 2 aromatic rings. The predicted molar refractivity (Wildman–Crippen MR) is 110 cm³/mol. The van der Waals surface area contributed by atoms with Crippen molar-refractivity contribution in [2.24, 2.45) is 5.92 Å². The van der Waals surface area contributed by atoms with Gasteiger partial charge in [0.05, 0.1) is 0 Å². The molecule has 2 N–H and O–H groups in total. The second kappa shape index (κ2) is 9.99. The van der Waals surface area contributed by atoms with Crippen LogP contribution in [0.2, 0.25) is 0 Å². The van der Waals surface area contributed by atoms with Crippen molar-refractivity contribution in [3.8, 4) is 0 Å². The lowest BCUT2D eigenvalue weighted by atomic mass is 9.97. The first-order chi connectivity index (χ1) is 14.4. The molecule has 2 aromatic carbocycles. The van der Waals surface area contributed by atoms with E-state index in [2.05, 4.69) is 10.6 Å². The number of para-hydroxylation sites is 1. The molecule has 9 heteroatoms. The Morgan fingerprint density at radius 2 is 1.73 bits per heavy atom. The number of halogens is 2. The van der Waals surface area contributed by atoms with E-state index in [0.717, 1.165) is 35.1 Å². The third-order valence-corrected chi connectivity index (χ3v) is 7.01. The van der Waals surface area contributed by atoms with Crippen LogP contribution in [0.1, 0.15) is 19.3 Å². The Hall–Kier alpha value is -2.52. The van der Waals surface area contributed by atoms with E-state index in [1.807, 2.05) is 30.3 Å². The molecule has 1 fully saturated rings. The zero-order valence-corrected chi connectivity index (χ0v) is 17.3. The van der Waals surface area contributed by atoms with Crippen molar-refractivity contribution in [2.75, 3.05) is 31.5 Å². The summed E-state index contributed by atoms with van der Waals surface area (Å²) in [7, 11) is -4.14. The van der Waals surface area contributed by atoms with Gasteiger partial charge in [-0.1, -0.05) is 18.2 Å². The minimum Gasteiger partial charge on any atom is -0.385 e. The highest BCUT2D eigenvalue weighted by Crippen LogP contribution is 2.26. The topological polar surface area (TPSA) is 78.5 Å². The summed E-state index contributed by atoms with van der Waals surface area (Å²) >= 11 is 0. The Morgan fingerprint density at radius 3 is 2.43 bits per heavy atom. The number of benzene rings is 2. The van der Waals surface area contributed by atoms with Crippen LogP contribution in [0.4, 0.5) is 14.5 Å². The van der Waals surface area contributed by atoms with E-state index in [1.165, 1.54) is 0 Å². The van der Waals surface area contributed by atoms with Gasteiger partial charge in [0, 0.05) is 37.8 Å². The average molecular weight is 438 g/mol. The molecule has 0 atom stereocenters. The zero-order chi connectivity index (χ0) is 21.6. The molecule has 0 saturated carbocycles. The molecule has 3 rings (SSSR count). The molecule has 162 valence electrons. The van der Waals surface area contributed by atoms with Crippen LogP contribution in [0.3, 0.4) is 0 Å². The highest BCUT2D eigenvalue weighted by molar-refractivity contribution is 7.89. The highest BCUT2D eigenvalue weighted by atomic mass is 32.2. The van der Waals surface area contributed by atoms with Crippen LogP contribution in [0.15, 0.2) is 53.4 Å². The maximum atomic E-state index is 13.9. The van der Waals surface area contributed by atoms with Crippen LogP contribution in [0, 0.1) is 17.6 Å². The summed E-state index contributed by atoms with van der Waals surface area (Å²) in [6.45, 7) is 1.42. The standard InChI is InChI=1S/C21H25F2N3O3S/c22-17-7-8-19(23)20(15-17)30(28,29)26-13-9-16(10-14-26)21(27)25-12-4-11-24-18-5-2-1-3-6-18/h1-3,5-8,15-16,24H,4,9-14H2,(H,25,27). The number of hydrogen-bond acceptors (Lipinski definition) is 4. The lowest BCUT2D eigenvalue weighted by molar-refractivity contribution is -0.126. The first kappa shape index (κ1) is 22.2. The number of amides is 1. The quantitative estimate of drug-likeness (QED) is 0.623. The van der Waals surface area contributed by atoms with Gasteiger partial charge in [0.2, 0.25) is 15.9 Å². The van der Waals surface area contributed by atoms with Crippen molar-refractivity contribution in [3.63, 3.8) is 0 Å². The molecule has 1 aliphatic rings. The first-order valence-corrected chi connectivity index (χ1v) is 11.3. The summed E-state index contributed by atoms with van der Waals surface area (Å²) in [6.07, 6.45) is 1.43. The number of anilines is 1. The molecule has 0 bridgehead atoms. The smallest absolute Gasteiger partial charge is 0.246 e. The van der Waals surface area contributed by atoms with Crippen molar-refractivity contribution in [1.82, 2.24) is 9.62 Å². The maximum Gasteiger partial charge on any atom is 0.246 e. The molecule has 0 aromatic heterocycles. The molecule has 0 aliphatic carbocycles. The van der Waals surface area contributed by atoms with E-state index in [0.29, 0.717) is 25.5 Å². The Labute approximate surface area is 175 Å². The van der Waals surface area contributed by atoms with Crippen molar-refractivity contribution in [1.29, 1.82) is 0 Å². The van der Waals surface area contributed by atoms with Gasteiger partial charge < -0.3 is 10.6 Å². The van der Waals surface area contributed by atoms with Gasteiger partial charge in [0.25, 0.3) is 0 Å². The van der Waals surface area contributed by atoms with Gasteiger partial charge in [-0.2, -0.15) is 4.31 Å². The fraction of sp³-hybridized carbons (Fsp3) is 0.381. The normalized spacial score (nSPS) is 15.7. The van der Waals surface area contributed by atoms with Crippen molar-refractivity contribution in [2.45, 2.75) is 24.2 Å². The number of hydrogen-bond donors (Lipinski definition) is 2. The van der Waals surface area contributed by atoms with Crippen LogP contribution >= 0.6 is 0 Å². The van der Waals surface area contributed by atoms with Gasteiger partial charge in [-0.15, -0.1) is 0 Å². The molecule has 1 heterocycles. The molecule has 0 unspecified atom stereocenters. The molecule has 0 spiro atoms. The highest BCUT2D eigenvalue weighted by Gasteiger charge is 2.33. The van der Waals surface area contributed by atoms with E-state index < -0.39 is 26.6 Å². The zero-order valence-electron chi connectivity index (χ0n) is 16.5. The lowest BCUT2D eigenvalue weighted by Gasteiger charge is -2.30. The first-order valence-electron chi connectivity index (χ1n) is 9.90. The van der Waals surface area contributed by atoms with Crippen LogP contribution in [0.5, 0.6) is 0 Å². The summed E-state index contributed by atoms with van der Waals surface area (Å²) in [5.41, 5.74) is 1.02. The molecule has 30 heavy (non-hydrogen) atoms. The van der Waals surface area contributed by atoms with E-state index in [1.54, 1.807) is 0 Å². The summed E-state index contributed by atoms with van der Waals surface area (Å²) in [5, 5.41) is 6.15. The average Bonchev–Trinajstić information content (AvgIpc) is 2.76. The van der Waals surface area contributed by atoms with Gasteiger partial charge in [-0.3, -0.25) is 4.79 Å². The van der Waals surface area contributed by atoms with Gasteiger partial charge in [0.1, 0.15) is 16.5 Å². The second-order valence-electron chi connectivity index (χ2n) is 7.19. The van der Waals surface area contributed by atoms with Crippen LogP contribution in [0.25, 0.3) is 0 Å². The van der Waals surface area contributed by atoms with Crippen molar-refractivity contribution < 1.29 is 22.0 Å². The molecule has 1 aliphatic heterocycles. The molecule has 0 radical (unpaired) electrons. The largest absolute Gasteiger partial charge is 0.385 e. The molecular formula is C21H25F2N3O3S. The Morgan fingerprint density at radius 1 is 1.03 bits per heavy atom. The predicted octanol–water partition coefficient (Wildman–Crippen LogP) is 2.98. The molecular weight excluding hydrogens is 412 g/mol. The number of piperidine rings is 1. The Balaban J connectivity index is 1.43. The molecule has 1 saturated heterocycles. The van der Waals surface area contributed by atoms with E-state index in [9.17, 15) is 22.0 Å². The fourth-order valence-corrected chi connectivity index (χ4v) is 4.95. The monoisotopic (exact) mass is 437 g/mol. The van der Waals surface area contributed by atoms with Crippen molar-refractivity contribution >= 4 is 21.6 Å². The Kier molecular flexibility index (Phi) is 7.38. The summed E-state index contributed by atoms with van der Waals surface area (Å²) < 4.78 is 53.6. The minimum absolute atomic E-state index is 0.0892. The van der Waals surface area contributed by atoms with E-state index >= 15 is 0 Å². The van der Waals surface area contributed by atoms with E-state index in [4.69, 9.17) is 0 Å². The van der Waals surface area contributed by atoms with Gasteiger partial charge in [-0.05, 0) is 49.6 Å². The molecule has 1 amide bonds. The van der Waals surface area contributed by atoms with Gasteiger partial charge in [0.15, 0.2) is 0 Å². The SMILES string of the molecule is O=C(NCCCNc1ccccc1)C1CCN(S(=O)(=O)c2cc(F)ccc2F)CC1. The van der Waals surface area contributed by atoms with Crippen molar-refractivity contribution in [3.05, 3.63) is 60.2 Å². The summed E-state index contributed by atoms with van der Waals surface area (Å²) in [6, 6.07) is 12.1. The van der Waals surface area contributed by atoms with E-state index in [-0.39, 0.29) is 24.9 Å². The Bertz CT molecular complexity index is 963. The molecule has 6 nitrogen and oxygen atoms in total. The number of carbonyl (C=O) groups excluding carboxylic acids is 1. The third kappa shape index (κ3) is 5.54. The second-order valence-corrected chi connectivity index (χ2v) is 9.10. The van der Waals surface area contributed by atoms with Crippen LogP contribution in [-0.2, 0) is 14.8 Å².